The van der Waals surface area contributed by atoms with Crippen molar-refractivity contribution < 1.29 is 24.2 Å². The van der Waals surface area contributed by atoms with Crippen LogP contribution in [0.3, 0.4) is 0 Å². The lowest BCUT2D eigenvalue weighted by atomic mass is 9.82. The van der Waals surface area contributed by atoms with E-state index in [9.17, 15) is 14.7 Å². The van der Waals surface area contributed by atoms with Gasteiger partial charge in [0.25, 0.3) is 0 Å². The van der Waals surface area contributed by atoms with Gasteiger partial charge in [-0.25, -0.2) is 0 Å². The molecule has 3 N–H and O–H groups in total. The predicted octanol–water partition coefficient (Wildman–Crippen LogP) is 2.49. The number of hydrogen-bond donors (Lipinski definition) is 2. The number of ether oxygens (including phenoxy) is 2. The van der Waals surface area contributed by atoms with Gasteiger partial charge in [-0.15, -0.1) is 0 Å². The van der Waals surface area contributed by atoms with Gasteiger partial charge in [-0.05, 0) is 64.8 Å². The molecule has 0 saturated heterocycles. The van der Waals surface area contributed by atoms with Crippen molar-refractivity contribution >= 4 is 11.9 Å². The number of benzene rings is 1. The number of carbonyl (C=O) groups excluding carboxylic acids is 1. The summed E-state index contributed by atoms with van der Waals surface area (Å²) in [5.41, 5.74) is 3.23. The van der Waals surface area contributed by atoms with Gasteiger partial charge >= 0.3 is 11.9 Å². The van der Waals surface area contributed by atoms with E-state index < -0.39 is 23.0 Å². The second-order valence-electron chi connectivity index (χ2n) is 6.80. The average Bonchev–Trinajstić information content (AvgIpc) is 2.49. The standard InChI is InChI=1S/C18H27NO5/c1-17(2,3)24-16(22)18(4,15(20)21)13-7-9-14(10-8-13)23-12-6-5-11-19/h7-10H,5-6,11-12,19H2,1-4H3,(H,20,21). The van der Waals surface area contributed by atoms with Gasteiger partial charge in [0.1, 0.15) is 11.4 Å². The molecular formula is C18H27NO5. The summed E-state index contributed by atoms with van der Waals surface area (Å²) in [7, 11) is 0. The number of carboxylic acids is 1. The highest BCUT2D eigenvalue weighted by molar-refractivity contribution is 6.05. The first-order chi connectivity index (χ1) is 11.1. The summed E-state index contributed by atoms with van der Waals surface area (Å²) in [6, 6.07) is 6.47. The SMILES string of the molecule is CC(C)(C)OC(=O)C(C)(C(=O)O)c1ccc(OCCCCN)cc1. The molecule has 0 aliphatic carbocycles. The van der Waals surface area contributed by atoms with Crippen LogP contribution < -0.4 is 10.5 Å². The van der Waals surface area contributed by atoms with E-state index in [0.717, 1.165) is 12.8 Å². The Kier molecular flexibility index (Phi) is 6.78. The van der Waals surface area contributed by atoms with Crippen molar-refractivity contribution in [2.45, 2.75) is 51.6 Å². The summed E-state index contributed by atoms with van der Waals surface area (Å²) in [4.78, 5) is 24.1. The molecule has 0 aliphatic rings. The highest BCUT2D eigenvalue weighted by Crippen LogP contribution is 2.29. The van der Waals surface area contributed by atoms with Crippen LogP contribution in [0, 0.1) is 0 Å². The number of esters is 1. The fourth-order valence-electron chi connectivity index (χ4n) is 2.03. The Hall–Kier alpha value is -2.08. The van der Waals surface area contributed by atoms with Gasteiger partial charge in [-0.1, -0.05) is 12.1 Å². The van der Waals surface area contributed by atoms with E-state index >= 15 is 0 Å². The third-order valence-corrected chi connectivity index (χ3v) is 3.53. The van der Waals surface area contributed by atoms with Crippen LogP contribution in [-0.4, -0.2) is 35.8 Å². The van der Waals surface area contributed by atoms with Crippen molar-refractivity contribution in [1.82, 2.24) is 0 Å². The summed E-state index contributed by atoms with van der Waals surface area (Å²) in [5.74, 6) is -1.43. The lowest BCUT2D eigenvalue weighted by molar-refractivity contribution is -0.168. The van der Waals surface area contributed by atoms with Crippen LogP contribution in [0.2, 0.25) is 0 Å². The summed E-state index contributed by atoms with van der Waals surface area (Å²) < 4.78 is 10.8. The maximum absolute atomic E-state index is 12.4. The molecular weight excluding hydrogens is 310 g/mol. The van der Waals surface area contributed by atoms with Gasteiger partial charge in [-0.3, -0.25) is 9.59 Å². The van der Waals surface area contributed by atoms with Crippen LogP contribution in [0.1, 0.15) is 46.1 Å². The second kappa shape index (κ2) is 8.15. The third kappa shape index (κ3) is 5.23. The van der Waals surface area contributed by atoms with Gasteiger partial charge in [0, 0.05) is 0 Å². The van der Waals surface area contributed by atoms with E-state index in [1.807, 2.05) is 0 Å². The van der Waals surface area contributed by atoms with Gasteiger partial charge < -0.3 is 20.3 Å². The first-order valence-electron chi connectivity index (χ1n) is 8.01. The Balaban J connectivity index is 2.93. The van der Waals surface area contributed by atoms with Crippen molar-refractivity contribution in [2.75, 3.05) is 13.2 Å². The molecule has 0 aromatic heterocycles. The molecule has 0 fully saturated rings. The molecule has 24 heavy (non-hydrogen) atoms. The number of aliphatic carboxylic acids is 1. The Labute approximate surface area is 142 Å². The molecule has 0 amide bonds. The van der Waals surface area contributed by atoms with E-state index in [1.54, 1.807) is 45.0 Å². The number of carboxylic acid groups (broad SMARTS) is 1. The van der Waals surface area contributed by atoms with E-state index in [2.05, 4.69) is 0 Å². The van der Waals surface area contributed by atoms with Crippen LogP contribution in [0.5, 0.6) is 5.75 Å². The zero-order valence-corrected chi connectivity index (χ0v) is 14.8. The smallest absolute Gasteiger partial charge is 0.328 e. The van der Waals surface area contributed by atoms with E-state index in [0.29, 0.717) is 24.5 Å². The molecule has 1 rings (SSSR count). The molecule has 134 valence electrons. The van der Waals surface area contributed by atoms with Crippen molar-refractivity contribution in [3.8, 4) is 5.75 Å². The van der Waals surface area contributed by atoms with E-state index in [4.69, 9.17) is 15.2 Å². The first-order valence-corrected chi connectivity index (χ1v) is 8.01. The molecule has 0 saturated carbocycles. The van der Waals surface area contributed by atoms with Crippen LogP contribution >= 0.6 is 0 Å². The first kappa shape index (κ1) is 20.0. The molecule has 6 heteroatoms. The third-order valence-electron chi connectivity index (χ3n) is 3.53. The van der Waals surface area contributed by atoms with Crippen molar-refractivity contribution in [3.05, 3.63) is 29.8 Å². The molecule has 0 aliphatic heterocycles. The molecule has 6 nitrogen and oxygen atoms in total. The summed E-state index contributed by atoms with van der Waals surface area (Å²) in [5, 5.41) is 9.58. The quantitative estimate of drug-likeness (QED) is 0.429. The lowest BCUT2D eigenvalue weighted by Gasteiger charge is -2.28. The number of hydrogen-bond acceptors (Lipinski definition) is 5. The van der Waals surface area contributed by atoms with Crippen LogP contribution in [0.15, 0.2) is 24.3 Å². The van der Waals surface area contributed by atoms with Gasteiger partial charge in [0.2, 0.25) is 0 Å². The number of unbranched alkanes of at least 4 members (excludes halogenated alkanes) is 1. The fourth-order valence-corrected chi connectivity index (χ4v) is 2.03. The van der Waals surface area contributed by atoms with Gasteiger partial charge in [0.05, 0.1) is 6.61 Å². The minimum absolute atomic E-state index is 0.346. The number of nitrogens with two attached hydrogens (primary N) is 1. The largest absolute Gasteiger partial charge is 0.494 e. The number of rotatable bonds is 8. The maximum Gasteiger partial charge on any atom is 0.328 e. The second-order valence-corrected chi connectivity index (χ2v) is 6.80. The van der Waals surface area contributed by atoms with Crippen LogP contribution in [0.25, 0.3) is 0 Å². The Morgan fingerprint density at radius 2 is 1.67 bits per heavy atom. The minimum Gasteiger partial charge on any atom is -0.494 e. The molecule has 1 atom stereocenters. The maximum atomic E-state index is 12.4. The van der Waals surface area contributed by atoms with E-state index in [1.165, 1.54) is 6.92 Å². The Morgan fingerprint density at radius 3 is 2.12 bits per heavy atom. The van der Waals surface area contributed by atoms with Crippen molar-refractivity contribution in [3.63, 3.8) is 0 Å². The molecule has 1 aromatic rings. The summed E-state index contributed by atoms with van der Waals surface area (Å²) in [6.07, 6.45) is 1.73. The number of carbonyl (C=O) groups is 2. The lowest BCUT2D eigenvalue weighted by Crippen LogP contribution is -2.45. The zero-order chi connectivity index (χ0) is 18.4. The highest BCUT2D eigenvalue weighted by atomic mass is 16.6. The summed E-state index contributed by atoms with van der Waals surface area (Å²) >= 11 is 0. The molecule has 1 aromatic carbocycles. The van der Waals surface area contributed by atoms with Gasteiger partial charge in [0.15, 0.2) is 5.41 Å². The van der Waals surface area contributed by atoms with Gasteiger partial charge in [-0.2, -0.15) is 0 Å². The molecule has 1 unspecified atom stereocenters. The fraction of sp³-hybridized carbons (Fsp3) is 0.556. The zero-order valence-electron chi connectivity index (χ0n) is 14.8. The highest BCUT2D eigenvalue weighted by Gasteiger charge is 2.46. The topological polar surface area (TPSA) is 98.9 Å². The summed E-state index contributed by atoms with van der Waals surface area (Å²) in [6.45, 7) is 7.61. The Morgan fingerprint density at radius 1 is 1.08 bits per heavy atom. The van der Waals surface area contributed by atoms with Crippen LogP contribution in [-0.2, 0) is 19.7 Å². The molecule has 0 spiro atoms. The molecule has 0 heterocycles. The van der Waals surface area contributed by atoms with Crippen molar-refractivity contribution in [1.29, 1.82) is 0 Å². The minimum atomic E-state index is -1.77. The normalized spacial score (nSPS) is 13.9. The van der Waals surface area contributed by atoms with E-state index in [-0.39, 0.29) is 0 Å². The molecule has 0 bridgehead atoms. The average molecular weight is 337 g/mol. The Bertz CT molecular complexity index is 562. The predicted molar refractivity (Wildman–Crippen MR) is 91.1 cm³/mol. The monoisotopic (exact) mass is 337 g/mol. The van der Waals surface area contributed by atoms with Crippen molar-refractivity contribution in [2.24, 2.45) is 5.73 Å². The van der Waals surface area contributed by atoms with Crippen LogP contribution in [0.4, 0.5) is 0 Å². The molecule has 0 radical (unpaired) electrons.